The van der Waals surface area contributed by atoms with Crippen molar-refractivity contribution >= 4 is 53.9 Å². The summed E-state index contributed by atoms with van der Waals surface area (Å²) in [7, 11) is 0. The zero-order valence-electron chi connectivity index (χ0n) is 28.4. The van der Waals surface area contributed by atoms with Gasteiger partial charge in [-0.05, 0) is 123 Å². The van der Waals surface area contributed by atoms with E-state index in [9.17, 15) is 0 Å². The fourth-order valence-electron chi connectivity index (χ4n) is 8.27. The topological polar surface area (TPSA) is 0 Å². The Bertz CT molecular complexity index is 2890. The summed E-state index contributed by atoms with van der Waals surface area (Å²) in [6.45, 7) is 2.15. The number of rotatable bonds is 4. The summed E-state index contributed by atoms with van der Waals surface area (Å²) in [4.78, 5) is 0. The van der Waals surface area contributed by atoms with E-state index >= 15 is 0 Å². The van der Waals surface area contributed by atoms with Crippen LogP contribution in [0, 0.1) is 6.92 Å². The molecule has 238 valence electrons. The van der Waals surface area contributed by atoms with Crippen molar-refractivity contribution in [2.45, 2.75) is 6.92 Å². The molecule has 0 aliphatic carbocycles. The van der Waals surface area contributed by atoms with Gasteiger partial charge in [0.15, 0.2) is 0 Å². The van der Waals surface area contributed by atoms with E-state index in [-0.39, 0.29) is 0 Å². The minimum atomic E-state index is 1.21. The van der Waals surface area contributed by atoms with Crippen LogP contribution in [0.5, 0.6) is 0 Å². The molecule has 0 heterocycles. The molecule has 0 saturated carbocycles. The van der Waals surface area contributed by atoms with Crippen molar-refractivity contribution in [2.75, 3.05) is 0 Å². The Morgan fingerprint density at radius 2 is 0.706 bits per heavy atom. The second-order valence-corrected chi connectivity index (χ2v) is 13.7. The van der Waals surface area contributed by atoms with Crippen molar-refractivity contribution in [2.24, 2.45) is 0 Å². The highest BCUT2D eigenvalue weighted by molar-refractivity contribution is 6.24. The van der Waals surface area contributed by atoms with Gasteiger partial charge in [-0.1, -0.05) is 175 Å². The number of benzene rings is 10. The maximum atomic E-state index is 2.42. The van der Waals surface area contributed by atoms with E-state index in [1.165, 1.54) is 104 Å². The van der Waals surface area contributed by atoms with Gasteiger partial charge in [-0.15, -0.1) is 0 Å². The van der Waals surface area contributed by atoms with E-state index < -0.39 is 0 Å². The quantitative estimate of drug-likeness (QED) is 0.132. The molecule has 0 nitrogen and oxygen atoms in total. The Kier molecular flexibility index (Phi) is 6.82. The van der Waals surface area contributed by atoms with Gasteiger partial charge in [-0.25, -0.2) is 0 Å². The smallest absolute Gasteiger partial charge is 0.00199 e. The van der Waals surface area contributed by atoms with Crippen molar-refractivity contribution in [1.29, 1.82) is 0 Å². The first-order valence-corrected chi connectivity index (χ1v) is 17.8. The minimum Gasteiger partial charge on any atom is -0.0616 e. The summed E-state index contributed by atoms with van der Waals surface area (Å²) in [5, 5.41) is 12.7. The van der Waals surface area contributed by atoms with Crippen LogP contribution in [0.4, 0.5) is 0 Å². The van der Waals surface area contributed by atoms with Crippen LogP contribution in [0.1, 0.15) is 5.56 Å². The highest BCUT2D eigenvalue weighted by Crippen LogP contribution is 2.46. The number of fused-ring (bicyclic) bond motifs is 6. The first-order valence-electron chi connectivity index (χ1n) is 17.8. The van der Waals surface area contributed by atoms with E-state index in [1.54, 1.807) is 0 Å². The lowest BCUT2D eigenvalue weighted by Crippen LogP contribution is -1.92. The Morgan fingerprint density at radius 3 is 1.33 bits per heavy atom. The van der Waals surface area contributed by atoms with Gasteiger partial charge in [0, 0.05) is 0 Å². The Morgan fingerprint density at radius 1 is 0.255 bits per heavy atom. The third-order valence-electron chi connectivity index (χ3n) is 10.7. The van der Waals surface area contributed by atoms with Gasteiger partial charge in [0.1, 0.15) is 0 Å². The van der Waals surface area contributed by atoms with E-state index in [0.717, 1.165) is 0 Å². The third kappa shape index (κ3) is 4.83. The molecule has 10 aromatic rings. The number of hydrogen-bond donors (Lipinski definition) is 0. The maximum absolute atomic E-state index is 2.42. The molecule has 0 unspecified atom stereocenters. The average Bonchev–Trinajstić information content (AvgIpc) is 3.20. The van der Waals surface area contributed by atoms with E-state index in [0.29, 0.717) is 0 Å². The van der Waals surface area contributed by atoms with Gasteiger partial charge in [0.25, 0.3) is 0 Å². The molecule has 0 atom stereocenters. The summed E-state index contributed by atoms with van der Waals surface area (Å²) >= 11 is 0. The minimum absolute atomic E-state index is 1.21. The highest BCUT2D eigenvalue weighted by Gasteiger charge is 2.19. The molecule has 10 rings (SSSR count). The molecule has 0 saturated heterocycles. The van der Waals surface area contributed by atoms with Crippen molar-refractivity contribution in [3.8, 4) is 44.5 Å². The zero-order valence-corrected chi connectivity index (χ0v) is 28.4. The fourth-order valence-corrected chi connectivity index (χ4v) is 8.27. The van der Waals surface area contributed by atoms with Gasteiger partial charge >= 0.3 is 0 Å². The average molecular weight is 647 g/mol. The van der Waals surface area contributed by atoms with Crippen LogP contribution >= 0.6 is 0 Å². The molecule has 0 aliphatic rings. The zero-order chi connectivity index (χ0) is 33.9. The van der Waals surface area contributed by atoms with Gasteiger partial charge in [0.05, 0.1) is 0 Å². The second kappa shape index (κ2) is 11.8. The molecular weight excluding hydrogens is 613 g/mol. The van der Waals surface area contributed by atoms with Gasteiger partial charge in [-0.2, -0.15) is 0 Å². The molecule has 0 amide bonds. The van der Waals surface area contributed by atoms with Gasteiger partial charge in [-0.3, -0.25) is 0 Å². The van der Waals surface area contributed by atoms with Crippen LogP contribution in [0.15, 0.2) is 188 Å². The van der Waals surface area contributed by atoms with Crippen LogP contribution in [0.3, 0.4) is 0 Å². The SMILES string of the molecule is Cc1ccc(-c2c3ccccc3c(-c3cc(-c4ccc(-c5cc6ccccc6c6ccccc56)cc4)cc4ccccc34)c3ccccc23)cc1. The molecule has 0 aliphatic heterocycles. The molecule has 0 aromatic heterocycles. The molecule has 0 fully saturated rings. The standard InChI is InChI=1S/C51H34/c1-33-22-24-36(25-23-33)50-44-18-8-10-20-46(44)51(47-21-11-9-19-45(47)50)49-32-39(30-37-12-2-5-15-41(37)49)34-26-28-35(29-27-34)48-31-38-13-3-4-14-40(38)42-16-6-7-17-43(42)48/h2-32H,1H3. The number of aryl methyl sites for hydroxylation is 1. The van der Waals surface area contributed by atoms with Crippen molar-refractivity contribution in [1.82, 2.24) is 0 Å². The molecule has 0 bridgehead atoms. The van der Waals surface area contributed by atoms with Crippen LogP contribution in [-0.2, 0) is 0 Å². The summed E-state index contributed by atoms with van der Waals surface area (Å²) in [6, 6.07) is 69.5. The summed E-state index contributed by atoms with van der Waals surface area (Å²) in [5.41, 5.74) is 11.3. The number of hydrogen-bond acceptors (Lipinski definition) is 0. The lowest BCUT2D eigenvalue weighted by atomic mass is 9.83. The van der Waals surface area contributed by atoms with E-state index in [1.807, 2.05) is 0 Å². The Balaban J connectivity index is 1.19. The molecule has 10 aromatic carbocycles. The second-order valence-electron chi connectivity index (χ2n) is 13.7. The summed E-state index contributed by atoms with van der Waals surface area (Å²) < 4.78 is 0. The van der Waals surface area contributed by atoms with Crippen LogP contribution in [0.25, 0.3) is 98.4 Å². The lowest BCUT2D eigenvalue weighted by Gasteiger charge is -2.20. The van der Waals surface area contributed by atoms with Gasteiger partial charge in [0.2, 0.25) is 0 Å². The van der Waals surface area contributed by atoms with Crippen molar-refractivity contribution in [3.05, 3.63) is 194 Å². The molecule has 0 N–H and O–H groups in total. The molecule has 0 heteroatoms. The predicted octanol–water partition coefficient (Wildman–Crippen LogP) is 14.4. The maximum Gasteiger partial charge on any atom is -0.00199 e. The molecule has 0 spiro atoms. The van der Waals surface area contributed by atoms with Gasteiger partial charge < -0.3 is 0 Å². The third-order valence-corrected chi connectivity index (χ3v) is 10.7. The lowest BCUT2D eigenvalue weighted by molar-refractivity contribution is 1.47. The monoisotopic (exact) mass is 646 g/mol. The predicted molar refractivity (Wildman–Crippen MR) is 220 cm³/mol. The first kappa shape index (κ1) is 29.4. The molecular formula is C51H34. The fraction of sp³-hybridized carbons (Fsp3) is 0.0196. The summed E-state index contributed by atoms with van der Waals surface area (Å²) in [5.74, 6) is 0. The van der Waals surface area contributed by atoms with Crippen molar-refractivity contribution < 1.29 is 0 Å². The van der Waals surface area contributed by atoms with E-state index in [4.69, 9.17) is 0 Å². The largest absolute Gasteiger partial charge is 0.0616 e. The normalized spacial score (nSPS) is 11.6. The highest BCUT2D eigenvalue weighted by atomic mass is 14.2. The van der Waals surface area contributed by atoms with E-state index in [2.05, 4.69) is 195 Å². The van der Waals surface area contributed by atoms with Crippen LogP contribution in [0.2, 0.25) is 0 Å². The molecule has 51 heavy (non-hydrogen) atoms. The van der Waals surface area contributed by atoms with Crippen LogP contribution < -0.4 is 0 Å². The van der Waals surface area contributed by atoms with Crippen LogP contribution in [-0.4, -0.2) is 0 Å². The Labute approximate surface area is 297 Å². The van der Waals surface area contributed by atoms with Crippen molar-refractivity contribution in [3.63, 3.8) is 0 Å². The summed E-state index contributed by atoms with van der Waals surface area (Å²) in [6.07, 6.45) is 0. The molecule has 0 radical (unpaired) electrons. The first-order chi connectivity index (χ1) is 25.2. The Hall–Kier alpha value is -6.50.